The van der Waals surface area contributed by atoms with Gasteiger partial charge in [0, 0.05) is 19.1 Å². The molecule has 1 saturated heterocycles. The van der Waals surface area contributed by atoms with Crippen molar-refractivity contribution in [1.29, 1.82) is 0 Å². The van der Waals surface area contributed by atoms with Gasteiger partial charge in [-0.3, -0.25) is 0 Å². The fourth-order valence-corrected chi connectivity index (χ4v) is 1.63. The number of hydrogen-bond donors (Lipinski definition) is 0. The summed E-state index contributed by atoms with van der Waals surface area (Å²) in [5.41, 5.74) is 0. The van der Waals surface area contributed by atoms with Crippen LogP contribution in [0.15, 0.2) is 0 Å². The van der Waals surface area contributed by atoms with Gasteiger partial charge >= 0.3 is 0 Å². The second kappa shape index (κ2) is 5.58. The molecule has 1 atom stereocenters. The summed E-state index contributed by atoms with van der Waals surface area (Å²) in [4.78, 5) is 4.61. The van der Waals surface area contributed by atoms with Gasteiger partial charge in [0.15, 0.2) is 0 Å². The van der Waals surface area contributed by atoms with E-state index in [2.05, 4.69) is 36.3 Å². The molecule has 0 aromatic rings. The van der Waals surface area contributed by atoms with Gasteiger partial charge < -0.3 is 9.80 Å². The first kappa shape index (κ1) is 11.0. The maximum atomic E-state index is 4.68. The summed E-state index contributed by atoms with van der Waals surface area (Å²) >= 11 is 0. The Morgan fingerprint density at radius 2 is 2.15 bits per heavy atom. The third-order valence-electron chi connectivity index (χ3n) is 2.62. The molecule has 3 nitrogen and oxygen atoms in total. The molecule has 0 N–H and O–H groups in total. The van der Waals surface area contributed by atoms with Crippen LogP contribution in [0.2, 0.25) is 0 Å². The maximum absolute atomic E-state index is 4.68. The highest BCUT2D eigenvalue weighted by Gasteiger charge is 2.14. The summed E-state index contributed by atoms with van der Waals surface area (Å²) in [7, 11) is 6.44. The van der Waals surface area contributed by atoms with Gasteiger partial charge in [-0.15, -0.1) is 0 Å². The van der Waals surface area contributed by atoms with E-state index < -0.39 is 0 Å². The zero-order chi connectivity index (χ0) is 9.68. The molecule has 13 heavy (non-hydrogen) atoms. The summed E-state index contributed by atoms with van der Waals surface area (Å²) in [6.45, 7) is 4.53. The van der Waals surface area contributed by atoms with E-state index in [9.17, 15) is 0 Å². The first-order valence-corrected chi connectivity index (χ1v) is 5.18. The Morgan fingerprint density at radius 3 is 2.85 bits per heavy atom. The normalized spacial score (nSPS) is 26.3. The zero-order valence-electron chi connectivity index (χ0n) is 9.16. The Kier molecular flexibility index (Phi) is 4.70. The van der Waals surface area contributed by atoms with Crippen LogP contribution in [0.5, 0.6) is 0 Å². The van der Waals surface area contributed by atoms with Crippen molar-refractivity contribution in [3.8, 4) is 0 Å². The molecule has 0 aromatic heterocycles. The Morgan fingerprint density at radius 1 is 1.38 bits per heavy atom. The summed E-state index contributed by atoms with van der Waals surface area (Å²) < 4.78 is 0. The third kappa shape index (κ3) is 4.60. The summed E-state index contributed by atoms with van der Waals surface area (Å²) in [6, 6.07) is 0.604. The van der Waals surface area contributed by atoms with E-state index in [0.29, 0.717) is 6.04 Å². The smallest absolute Gasteiger partial charge is 0.0270 e. The largest absolute Gasteiger partial charge is 0.309 e. The highest BCUT2D eigenvalue weighted by Crippen LogP contribution is 2.05. The van der Waals surface area contributed by atoms with Gasteiger partial charge in [0.1, 0.15) is 0 Å². The minimum atomic E-state index is 0.604. The van der Waals surface area contributed by atoms with Crippen LogP contribution in [-0.2, 0) is 0 Å². The van der Waals surface area contributed by atoms with E-state index in [-0.39, 0.29) is 0 Å². The number of nitrogens with zero attached hydrogens (tertiary/aromatic N) is 3. The Bertz CT molecular complexity index is 136. The van der Waals surface area contributed by atoms with Crippen molar-refractivity contribution in [2.45, 2.75) is 18.9 Å². The van der Waals surface area contributed by atoms with E-state index >= 15 is 0 Å². The van der Waals surface area contributed by atoms with Crippen molar-refractivity contribution >= 4 is 0 Å². The van der Waals surface area contributed by atoms with Crippen LogP contribution in [0.25, 0.3) is 0 Å². The van der Waals surface area contributed by atoms with Crippen molar-refractivity contribution in [3.63, 3.8) is 0 Å². The molecule has 1 rings (SSSR count). The maximum Gasteiger partial charge on any atom is 0.0270 e. The average molecular weight is 184 g/mol. The first-order valence-electron chi connectivity index (χ1n) is 5.18. The van der Waals surface area contributed by atoms with Crippen LogP contribution in [0.3, 0.4) is 0 Å². The lowest BCUT2D eigenvalue weighted by molar-refractivity contribution is 0.338. The molecule has 0 bridgehead atoms. The van der Waals surface area contributed by atoms with Crippen LogP contribution >= 0.6 is 0 Å². The molecule has 3 heteroatoms. The quantitative estimate of drug-likeness (QED) is 0.626. The molecule has 1 fully saturated rings. The summed E-state index contributed by atoms with van der Waals surface area (Å²) in [5, 5.41) is 4.68. The van der Waals surface area contributed by atoms with E-state index in [1.54, 1.807) is 0 Å². The monoisotopic (exact) mass is 184 g/mol. The molecule has 1 heterocycles. The van der Waals surface area contributed by atoms with Crippen LogP contribution < -0.4 is 5.32 Å². The van der Waals surface area contributed by atoms with Crippen molar-refractivity contribution in [1.82, 2.24) is 15.1 Å². The highest BCUT2D eigenvalue weighted by molar-refractivity contribution is 4.73. The molecule has 0 aliphatic carbocycles. The third-order valence-corrected chi connectivity index (χ3v) is 2.62. The van der Waals surface area contributed by atoms with Gasteiger partial charge in [-0.1, -0.05) is 0 Å². The molecule has 0 aromatic carbocycles. The molecule has 1 unspecified atom stereocenters. The molecule has 1 aliphatic heterocycles. The predicted molar refractivity (Wildman–Crippen MR) is 56.1 cm³/mol. The van der Waals surface area contributed by atoms with E-state index in [0.717, 1.165) is 19.6 Å². The van der Waals surface area contributed by atoms with Gasteiger partial charge in [0.05, 0.1) is 0 Å². The van der Waals surface area contributed by atoms with Crippen LogP contribution in [0, 0.1) is 0 Å². The van der Waals surface area contributed by atoms with Gasteiger partial charge in [0.2, 0.25) is 0 Å². The van der Waals surface area contributed by atoms with Crippen molar-refractivity contribution in [2.24, 2.45) is 0 Å². The second-order valence-corrected chi connectivity index (χ2v) is 4.24. The first-order chi connectivity index (χ1) is 6.18. The average Bonchev–Trinajstić information content (AvgIpc) is 2.27. The summed E-state index contributed by atoms with van der Waals surface area (Å²) in [6.07, 6.45) is 2.46. The minimum absolute atomic E-state index is 0.604. The zero-order valence-corrected chi connectivity index (χ0v) is 9.16. The van der Waals surface area contributed by atoms with E-state index in [1.165, 1.54) is 19.4 Å². The lowest BCUT2D eigenvalue weighted by atomic mass is 10.1. The second-order valence-electron chi connectivity index (χ2n) is 4.24. The van der Waals surface area contributed by atoms with Gasteiger partial charge in [-0.2, -0.15) is 0 Å². The van der Waals surface area contributed by atoms with E-state index in [1.807, 2.05) is 0 Å². The number of hydrogen-bond acceptors (Lipinski definition) is 2. The van der Waals surface area contributed by atoms with Crippen LogP contribution in [0.4, 0.5) is 0 Å². The molecular weight excluding hydrogens is 162 g/mol. The Balaban J connectivity index is 2.18. The van der Waals surface area contributed by atoms with Gasteiger partial charge in [0.25, 0.3) is 0 Å². The number of likely N-dealkylation sites (N-methyl/N-ethyl adjacent to an activating group) is 1. The van der Waals surface area contributed by atoms with Crippen molar-refractivity contribution in [2.75, 3.05) is 47.3 Å². The highest BCUT2D eigenvalue weighted by atomic mass is 15.1. The SMILES string of the molecule is CN(C)CCC1CCN(C)CC[N]1. The molecule has 0 spiro atoms. The topological polar surface area (TPSA) is 20.6 Å². The van der Waals surface area contributed by atoms with Crippen LogP contribution in [-0.4, -0.2) is 63.2 Å². The van der Waals surface area contributed by atoms with Crippen LogP contribution in [0.1, 0.15) is 12.8 Å². The molecule has 0 saturated carbocycles. The van der Waals surface area contributed by atoms with E-state index in [4.69, 9.17) is 0 Å². The fourth-order valence-electron chi connectivity index (χ4n) is 1.63. The molecule has 0 amide bonds. The Hall–Kier alpha value is -0.120. The fraction of sp³-hybridized carbons (Fsp3) is 1.00. The minimum Gasteiger partial charge on any atom is -0.309 e. The molecule has 1 radical (unpaired) electrons. The van der Waals surface area contributed by atoms with Crippen molar-refractivity contribution < 1.29 is 0 Å². The standard InChI is InChI=1S/C10H22N3/c1-12(2)7-4-10-5-8-13(3)9-6-11-10/h10H,4-9H2,1-3H3. The predicted octanol–water partition coefficient (Wildman–Crippen LogP) is 0.247. The molecule has 1 aliphatic rings. The molecule has 77 valence electrons. The number of rotatable bonds is 3. The lowest BCUT2D eigenvalue weighted by Gasteiger charge is -2.16. The van der Waals surface area contributed by atoms with Gasteiger partial charge in [-0.05, 0) is 47.1 Å². The Labute approximate surface area is 82.1 Å². The molecular formula is C10H22N3. The van der Waals surface area contributed by atoms with Crippen molar-refractivity contribution in [3.05, 3.63) is 0 Å². The van der Waals surface area contributed by atoms with Gasteiger partial charge in [-0.25, -0.2) is 5.32 Å². The summed E-state index contributed by atoms with van der Waals surface area (Å²) in [5.74, 6) is 0. The lowest BCUT2D eigenvalue weighted by Crippen LogP contribution is -2.27.